The summed E-state index contributed by atoms with van der Waals surface area (Å²) >= 11 is 0. The summed E-state index contributed by atoms with van der Waals surface area (Å²) in [7, 11) is 0.901. The van der Waals surface area contributed by atoms with Gasteiger partial charge in [0.1, 0.15) is 0 Å². The van der Waals surface area contributed by atoms with E-state index >= 15 is 0 Å². The molecule has 0 fully saturated rings. The van der Waals surface area contributed by atoms with Crippen LogP contribution in [0.1, 0.15) is 59.3 Å². The second-order valence-electron chi connectivity index (χ2n) is 7.97. The number of anilines is 1. The Bertz CT molecular complexity index is 1000. The van der Waals surface area contributed by atoms with E-state index in [2.05, 4.69) is 30.4 Å². The van der Waals surface area contributed by atoms with Crippen LogP contribution in [0.15, 0.2) is 42.5 Å². The molecule has 1 amide bonds. The first-order valence-corrected chi connectivity index (χ1v) is 11.8. The lowest BCUT2D eigenvalue weighted by atomic mass is 9.88. The van der Waals surface area contributed by atoms with Crippen molar-refractivity contribution in [2.24, 2.45) is 0 Å². The Labute approximate surface area is 180 Å². The van der Waals surface area contributed by atoms with Crippen molar-refractivity contribution >= 4 is 21.8 Å². The SMILES string of the molecule is CC[C@@H](NC(=O)c1ccc(N(C)S(=O)(=O)N(C)C)cc1)c1ccc2c(c1)CCCC2. The zero-order valence-electron chi connectivity index (χ0n) is 18.2. The first kappa shape index (κ1) is 22.3. The molecule has 2 aromatic rings. The molecule has 30 heavy (non-hydrogen) atoms. The molecular weight excluding hydrogens is 398 g/mol. The Kier molecular flexibility index (Phi) is 6.83. The molecule has 0 aromatic heterocycles. The fourth-order valence-electron chi connectivity index (χ4n) is 3.83. The monoisotopic (exact) mass is 429 g/mol. The third kappa shape index (κ3) is 4.68. The molecule has 1 aliphatic carbocycles. The van der Waals surface area contributed by atoms with Gasteiger partial charge in [-0.2, -0.15) is 12.7 Å². The topological polar surface area (TPSA) is 69.7 Å². The Morgan fingerprint density at radius 2 is 1.63 bits per heavy atom. The van der Waals surface area contributed by atoms with Crippen LogP contribution in [0.5, 0.6) is 0 Å². The van der Waals surface area contributed by atoms with Crippen LogP contribution in [0.25, 0.3) is 0 Å². The first-order chi connectivity index (χ1) is 14.2. The lowest BCUT2D eigenvalue weighted by Gasteiger charge is -2.23. The average Bonchev–Trinajstić information content (AvgIpc) is 2.76. The number of aryl methyl sites for hydroxylation is 2. The van der Waals surface area contributed by atoms with Gasteiger partial charge in [-0.15, -0.1) is 0 Å². The van der Waals surface area contributed by atoms with Crippen molar-refractivity contribution < 1.29 is 13.2 Å². The van der Waals surface area contributed by atoms with E-state index in [4.69, 9.17) is 0 Å². The maximum Gasteiger partial charge on any atom is 0.303 e. The fraction of sp³-hybridized carbons (Fsp3) is 0.435. The number of hydrogen-bond acceptors (Lipinski definition) is 3. The molecule has 2 aromatic carbocycles. The Morgan fingerprint density at radius 3 is 2.23 bits per heavy atom. The molecule has 6 nitrogen and oxygen atoms in total. The van der Waals surface area contributed by atoms with Gasteiger partial charge in [-0.1, -0.05) is 25.1 Å². The van der Waals surface area contributed by atoms with E-state index in [-0.39, 0.29) is 11.9 Å². The van der Waals surface area contributed by atoms with E-state index in [9.17, 15) is 13.2 Å². The van der Waals surface area contributed by atoms with Crippen molar-refractivity contribution in [3.63, 3.8) is 0 Å². The lowest BCUT2D eigenvalue weighted by molar-refractivity contribution is 0.0935. The second kappa shape index (κ2) is 9.18. The summed E-state index contributed by atoms with van der Waals surface area (Å²) in [5.41, 5.74) is 4.98. The average molecular weight is 430 g/mol. The van der Waals surface area contributed by atoms with Crippen molar-refractivity contribution in [1.82, 2.24) is 9.62 Å². The minimum absolute atomic E-state index is 0.0544. The van der Waals surface area contributed by atoms with Crippen LogP contribution >= 0.6 is 0 Å². The highest BCUT2D eigenvalue weighted by molar-refractivity contribution is 7.90. The highest BCUT2D eigenvalue weighted by Crippen LogP contribution is 2.26. The van der Waals surface area contributed by atoms with E-state index in [1.54, 1.807) is 24.3 Å². The van der Waals surface area contributed by atoms with Gasteiger partial charge in [-0.3, -0.25) is 9.10 Å². The minimum Gasteiger partial charge on any atom is -0.345 e. The van der Waals surface area contributed by atoms with Gasteiger partial charge in [-0.05, 0) is 73.1 Å². The smallest absolute Gasteiger partial charge is 0.303 e. The zero-order valence-corrected chi connectivity index (χ0v) is 19.0. The number of hydrogen-bond donors (Lipinski definition) is 1. The van der Waals surface area contributed by atoms with E-state index in [0.29, 0.717) is 11.3 Å². The van der Waals surface area contributed by atoms with E-state index < -0.39 is 10.2 Å². The fourth-order valence-corrected chi connectivity index (χ4v) is 4.71. The molecule has 7 heteroatoms. The summed E-state index contributed by atoms with van der Waals surface area (Å²) in [5.74, 6) is -0.163. The quantitative estimate of drug-likeness (QED) is 0.730. The molecule has 0 spiro atoms. The van der Waals surface area contributed by atoms with Gasteiger partial charge in [0.05, 0.1) is 11.7 Å². The van der Waals surface area contributed by atoms with Crippen LogP contribution in [0.2, 0.25) is 0 Å². The third-order valence-corrected chi connectivity index (χ3v) is 7.61. The second-order valence-corrected chi connectivity index (χ2v) is 10.1. The molecular formula is C23H31N3O3S. The largest absolute Gasteiger partial charge is 0.345 e. The lowest BCUT2D eigenvalue weighted by Crippen LogP contribution is -2.37. The van der Waals surface area contributed by atoms with Gasteiger partial charge in [0.25, 0.3) is 5.91 Å². The molecule has 1 aliphatic rings. The van der Waals surface area contributed by atoms with E-state index in [0.717, 1.165) is 29.1 Å². The summed E-state index contributed by atoms with van der Waals surface area (Å²) in [5, 5.41) is 3.12. The van der Waals surface area contributed by atoms with Crippen molar-refractivity contribution in [1.29, 1.82) is 0 Å². The predicted octanol–water partition coefficient (Wildman–Crippen LogP) is 3.69. The molecule has 0 heterocycles. The molecule has 0 saturated heterocycles. The summed E-state index contributed by atoms with van der Waals surface area (Å²) in [6.45, 7) is 2.06. The molecule has 162 valence electrons. The van der Waals surface area contributed by atoms with Crippen LogP contribution in [0.3, 0.4) is 0 Å². The van der Waals surface area contributed by atoms with Crippen LogP contribution in [0, 0.1) is 0 Å². The van der Waals surface area contributed by atoms with Gasteiger partial charge in [0, 0.05) is 26.7 Å². The number of carbonyl (C=O) groups is 1. The predicted molar refractivity (Wildman–Crippen MR) is 121 cm³/mol. The molecule has 0 unspecified atom stereocenters. The van der Waals surface area contributed by atoms with Gasteiger partial charge in [0.15, 0.2) is 0 Å². The number of carbonyl (C=O) groups excluding carboxylic acids is 1. The Morgan fingerprint density at radius 1 is 1.00 bits per heavy atom. The van der Waals surface area contributed by atoms with Crippen molar-refractivity contribution in [2.75, 3.05) is 25.4 Å². The van der Waals surface area contributed by atoms with Crippen molar-refractivity contribution in [2.45, 2.75) is 45.1 Å². The Balaban J connectivity index is 1.73. The van der Waals surface area contributed by atoms with Crippen LogP contribution in [-0.2, 0) is 23.1 Å². The van der Waals surface area contributed by atoms with Crippen LogP contribution in [0.4, 0.5) is 5.69 Å². The number of benzene rings is 2. The van der Waals surface area contributed by atoms with Crippen LogP contribution in [-0.4, -0.2) is 39.8 Å². The third-order valence-electron chi connectivity index (χ3n) is 5.79. The highest BCUT2D eigenvalue weighted by Gasteiger charge is 2.21. The van der Waals surface area contributed by atoms with Gasteiger partial charge >= 0.3 is 10.2 Å². The van der Waals surface area contributed by atoms with E-state index in [1.807, 2.05) is 0 Å². The zero-order chi connectivity index (χ0) is 21.9. The van der Waals surface area contributed by atoms with Gasteiger partial charge in [0.2, 0.25) is 0 Å². The number of nitrogens with zero attached hydrogens (tertiary/aromatic N) is 2. The normalized spacial score (nSPS) is 14.8. The molecule has 3 rings (SSSR count). The molecule has 1 N–H and O–H groups in total. The summed E-state index contributed by atoms with van der Waals surface area (Å²) in [6, 6.07) is 13.1. The molecule has 1 atom stereocenters. The minimum atomic E-state index is -3.56. The number of nitrogens with one attached hydrogen (secondary N) is 1. The van der Waals surface area contributed by atoms with Crippen molar-refractivity contribution in [3.8, 4) is 0 Å². The van der Waals surface area contributed by atoms with Crippen LogP contribution < -0.4 is 9.62 Å². The van der Waals surface area contributed by atoms with E-state index in [1.165, 1.54) is 49.4 Å². The summed E-state index contributed by atoms with van der Waals surface area (Å²) < 4.78 is 26.9. The number of rotatable bonds is 7. The van der Waals surface area contributed by atoms with Crippen molar-refractivity contribution in [3.05, 3.63) is 64.7 Å². The number of amides is 1. The maximum absolute atomic E-state index is 12.8. The summed E-state index contributed by atoms with van der Waals surface area (Å²) in [4.78, 5) is 12.8. The maximum atomic E-state index is 12.8. The highest BCUT2D eigenvalue weighted by atomic mass is 32.2. The van der Waals surface area contributed by atoms with Gasteiger partial charge in [-0.25, -0.2) is 0 Å². The molecule has 0 aliphatic heterocycles. The molecule has 0 radical (unpaired) electrons. The summed E-state index contributed by atoms with van der Waals surface area (Å²) in [6.07, 6.45) is 5.53. The molecule has 0 bridgehead atoms. The first-order valence-electron chi connectivity index (χ1n) is 10.4. The Hall–Kier alpha value is -2.38. The standard InChI is InChI=1S/C23H31N3O3S/c1-5-22(20-11-10-17-8-6-7-9-19(17)16-20)24-23(27)18-12-14-21(15-13-18)26(4)30(28,29)25(2)3/h10-16,22H,5-9H2,1-4H3,(H,24,27)/t22-/m1/s1. The molecule has 0 saturated carbocycles. The number of fused-ring (bicyclic) bond motifs is 1. The van der Waals surface area contributed by atoms with Gasteiger partial charge < -0.3 is 5.32 Å².